The number of rotatable bonds is 7. The van der Waals surface area contributed by atoms with Crippen LogP contribution >= 0.6 is 0 Å². The van der Waals surface area contributed by atoms with Gasteiger partial charge in [0.1, 0.15) is 11.8 Å². The maximum Gasteiger partial charge on any atom is 0.323 e. The van der Waals surface area contributed by atoms with Gasteiger partial charge in [0.25, 0.3) is 0 Å². The summed E-state index contributed by atoms with van der Waals surface area (Å²) in [7, 11) is 0. The molecule has 0 radical (unpaired) electrons. The summed E-state index contributed by atoms with van der Waals surface area (Å²) in [5.74, 6) is -0.491. The van der Waals surface area contributed by atoms with Gasteiger partial charge in [0.05, 0.1) is 13.2 Å². The lowest BCUT2D eigenvalue weighted by molar-refractivity contribution is -0.153. The topological polar surface area (TPSA) is 72.9 Å². The Kier molecular flexibility index (Phi) is 7.22. The Labute approximate surface area is 119 Å². The minimum absolute atomic E-state index is 0.0877. The summed E-state index contributed by atoms with van der Waals surface area (Å²) < 4.78 is 9.86. The molecule has 0 spiro atoms. The Hall–Kier alpha value is -1.43. The van der Waals surface area contributed by atoms with Crippen LogP contribution in [0.5, 0.6) is 0 Å². The van der Waals surface area contributed by atoms with Gasteiger partial charge in [0, 0.05) is 25.8 Å². The van der Waals surface area contributed by atoms with Gasteiger partial charge in [0.2, 0.25) is 0 Å². The first-order chi connectivity index (χ1) is 9.58. The van der Waals surface area contributed by atoms with E-state index in [9.17, 15) is 14.4 Å². The van der Waals surface area contributed by atoms with Crippen LogP contribution in [0.15, 0.2) is 0 Å². The van der Waals surface area contributed by atoms with Gasteiger partial charge in [-0.3, -0.25) is 19.3 Å². The molecule has 1 saturated heterocycles. The molecule has 1 atom stereocenters. The minimum atomic E-state index is -0.501. The fourth-order valence-corrected chi connectivity index (χ4v) is 2.27. The van der Waals surface area contributed by atoms with E-state index >= 15 is 0 Å². The van der Waals surface area contributed by atoms with Crippen molar-refractivity contribution in [3.8, 4) is 0 Å². The van der Waals surface area contributed by atoms with Gasteiger partial charge >= 0.3 is 11.9 Å². The predicted molar refractivity (Wildman–Crippen MR) is 72.1 cm³/mol. The summed E-state index contributed by atoms with van der Waals surface area (Å²) in [5, 5.41) is 0. The van der Waals surface area contributed by atoms with Crippen LogP contribution in [0.4, 0.5) is 0 Å². The molecule has 0 bridgehead atoms. The summed E-state index contributed by atoms with van der Waals surface area (Å²) in [4.78, 5) is 36.5. The standard InChI is InChI=1S/C14H23NO5/c1-3-19-13(17)6-5-8-15-9-7-11(16)10-12(15)14(18)20-4-2/h12H,3-10H2,1-2H3. The quantitative estimate of drug-likeness (QED) is 0.648. The van der Waals surface area contributed by atoms with Crippen LogP contribution in [0.2, 0.25) is 0 Å². The molecule has 0 aromatic rings. The largest absolute Gasteiger partial charge is 0.466 e. The first kappa shape index (κ1) is 16.6. The third-order valence-electron chi connectivity index (χ3n) is 3.23. The van der Waals surface area contributed by atoms with Gasteiger partial charge in [-0.2, -0.15) is 0 Å². The van der Waals surface area contributed by atoms with Crippen molar-refractivity contribution in [3.63, 3.8) is 0 Å². The van der Waals surface area contributed by atoms with E-state index in [4.69, 9.17) is 9.47 Å². The molecule has 1 fully saturated rings. The van der Waals surface area contributed by atoms with E-state index in [-0.39, 0.29) is 24.1 Å². The van der Waals surface area contributed by atoms with Crippen molar-refractivity contribution in [2.45, 2.75) is 45.6 Å². The molecule has 0 aliphatic carbocycles. The Morgan fingerprint density at radius 1 is 1.25 bits per heavy atom. The van der Waals surface area contributed by atoms with E-state index < -0.39 is 6.04 Å². The number of nitrogens with zero attached hydrogens (tertiary/aromatic N) is 1. The lowest BCUT2D eigenvalue weighted by atomic mass is 10.0. The Bertz CT molecular complexity index is 355. The highest BCUT2D eigenvalue weighted by Crippen LogP contribution is 2.16. The van der Waals surface area contributed by atoms with Crippen LogP contribution in [0.25, 0.3) is 0 Å². The molecular weight excluding hydrogens is 262 g/mol. The van der Waals surface area contributed by atoms with Gasteiger partial charge in [-0.15, -0.1) is 0 Å². The summed E-state index contributed by atoms with van der Waals surface area (Å²) in [6.45, 7) is 5.34. The third kappa shape index (κ3) is 5.28. The maximum absolute atomic E-state index is 11.8. The van der Waals surface area contributed by atoms with Crippen molar-refractivity contribution in [2.75, 3.05) is 26.3 Å². The van der Waals surface area contributed by atoms with E-state index in [2.05, 4.69) is 0 Å². The zero-order chi connectivity index (χ0) is 15.0. The maximum atomic E-state index is 11.8. The molecule has 0 N–H and O–H groups in total. The minimum Gasteiger partial charge on any atom is -0.466 e. The molecule has 1 aliphatic heterocycles. The Morgan fingerprint density at radius 2 is 1.95 bits per heavy atom. The predicted octanol–water partition coefficient (Wildman–Crippen LogP) is 0.926. The number of carbonyl (C=O) groups excluding carboxylic acids is 3. The molecular formula is C14H23NO5. The van der Waals surface area contributed by atoms with E-state index in [1.165, 1.54) is 0 Å². The van der Waals surface area contributed by atoms with Crippen molar-refractivity contribution in [3.05, 3.63) is 0 Å². The van der Waals surface area contributed by atoms with Crippen molar-refractivity contribution in [1.82, 2.24) is 4.90 Å². The first-order valence-corrected chi connectivity index (χ1v) is 7.16. The van der Waals surface area contributed by atoms with E-state index in [0.717, 1.165) is 0 Å². The Morgan fingerprint density at radius 3 is 2.60 bits per heavy atom. The second-order valence-corrected chi connectivity index (χ2v) is 4.71. The number of hydrogen-bond donors (Lipinski definition) is 0. The van der Waals surface area contributed by atoms with Crippen LogP contribution in [0, 0.1) is 0 Å². The number of carbonyl (C=O) groups is 3. The van der Waals surface area contributed by atoms with Crippen molar-refractivity contribution in [2.24, 2.45) is 0 Å². The van der Waals surface area contributed by atoms with Crippen molar-refractivity contribution < 1.29 is 23.9 Å². The highest BCUT2D eigenvalue weighted by Gasteiger charge is 2.33. The normalized spacial score (nSPS) is 19.7. The lowest BCUT2D eigenvalue weighted by Crippen LogP contribution is -2.48. The number of ether oxygens (including phenoxy) is 2. The number of ketones is 1. The lowest BCUT2D eigenvalue weighted by Gasteiger charge is -2.33. The summed E-state index contributed by atoms with van der Waals surface area (Å²) in [6.07, 6.45) is 1.60. The van der Waals surface area contributed by atoms with Crippen LogP contribution < -0.4 is 0 Å². The van der Waals surface area contributed by atoms with E-state index in [1.807, 2.05) is 4.90 Å². The second-order valence-electron chi connectivity index (χ2n) is 4.71. The molecule has 6 nitrogen and oxygen atoms in total. The summed E-state index contributed by atoms with van der Waals surface area (Å²) in [6, 6.07) is -0.501. The molecule has 1 aliphatic rings. The first-order valence-electron chi connectivity index (χ1n) is 7.16. The molecule has 1 rings (SSSR count). The molecule has 0 aromatic carbocycles. The zero-order valence-electron chi connectivity index (χ0n) is 12.2. The van der Waals surface area contributed by atoms with Gasteiger partial charge in [0.15, 0.2) is 0 Å². The van der Waals surface area contributed by atoms with Crippen LogP contribution in [0.3, 0.4) is 0 Å². The van der Waals surface area contributed by atoms with Gasteiger partial charge in [-0.05, 0) is 26.8 Å². The van der Waals surface area contributed by atoms with Crippen LogP contribution in [-0.2, 0) is 23.9 Å². The zero-order valence-corrected chi connectivity index (χ0v) is 12.2. The molecule has 0 amide bonds. The van der Waals surface area contributed by atoms with E-state index in [1.54, 1.807) is 13.8 Å². The molecule has 1 unspecified atom stereocenters. The van der Waals surface area contributed by atoms with E-state index in [0.29, 0.717) is 45.6 Å². The number of piperidine rings is 1. The van der Waals surface area contributed by atoms with Crippen molar-refractivity contribution >= 4 is 17.7 Å². The molecule has 1 heterocycles. The highest BCUT2D eigenvalue weighted by atomic mass is 16.5. The monoisotopic (exact) mass is 285 g/mol. The number of Topliss-reactive ketones (excluding diaryl/α,β-unsaturated/α-hetero) is 1. The number of likely N-dealkylation sites (tertiary alicyclic amines) is 1. The molecule has 0 aromatic heterocycles. The average Bonchev–Trinajstić information content (AvgIpc) is 2.41. The Balaban J connectivity index is 2.45. The molecule has 20 heavy (non-hydrogen) atoms. The van der Waals surface area contributed by atoms with Crippen LogP contribution in [-0.4, -0.2) is 55.0 Å². The fourth-order valence-electron chi connectivity index (χ4n) is 2.27. The highest BCUT2D eigenvalue weighted by molar-refractivity contribution is 5.87. The number of esters is 2. The molecule has 0 saturated carbocycles. The summed E-state index contributed by atoms with van der Waals surface area (Å²) in [5.41, 5.74) is 0. The van der Waals surface area contributed by atoms with Crippen molar-refractivity contribution in [1.29, 1.82) is 0 Å². The SMILES string of the molecule is CCOC(=O)CCCN1CCC(=O)CC1C(=O)OCC. The van der Waals surface area contributed by atoms with Gasteiger partial charge < -0.3 is 9.47 Å². The molecule has 114 valence electrons. The van der Waals surface area contributed by atoms with Crippen LogP contribution in [0.1, 0.15) is 39.5 Å². The smallest absolute Gasteiger partial charge is 0.323 e. The van der Waals surface area contributed by atoms with Gasteiger partial charge in [-0.25, -0.2) is 0 Å². The average molecular weight is 285 g/mol. The number of hydrogen-bond acceptors (Lipinski definition) is 6. The fraction of sp³-hybridized carbons (Fsp3) is 0.786. The summed E-state index contributed by atoms with van der Waals surface area (Å²) >= 11 is 0. The third-order valence-corrected chi connectivity index (χ3v) is 3.23. The second kappa shape index (κ2) is 8.68. The molecule has 6 heteroatoms. The van der Waals surface area contributed by atoms with Gasteiger partial charge in [-0.1, -0.05) is 0 Å².